The quantitative estimate of drug-likeness (QED) is 0.923. The molecule has 3 fully saturated rings. The molecule has 0 atom stereocenters. The van der Waals surface area contributed by atoms with E-state index < -0.39 is 0 Å². The normalized spacial score (nSPS) is 22.8. The molecule has 1 N–H and O–H groups in total. The first-order valence-corrected chi connectivity index (χ1v) is 9.49. The molecular weight excluding hydrogens is 302 g/mol. The molecule has 24 heavy (non-hydrogen) atoms. The Hall–Kier alpha value is -1.78. The molecule has 0 radical (unpaired) electrons. The molecule has 5 nitrogen and oxygen atoms in total. The summed E-state index contributed by atoms with van der Waals surface area (Å²) in [5.74, 6) is 0.644. The number of hydrogen-bond donors (Lipinski definition) is 1. The van der Waals surface area contributed by atoms with E-state index in [1.165, 1.54) is 25.7 Å². The van der Waals surface area contributed by atoms with Crippen LogP contribution in [-0.4, -0.2) is 40.4 Å². The van der Waals surface area contributed by atoms with E-state index in [0.29, 0.717) is 11.9 Å². The van der Waals surface area contributed by atoms with E-state index in [2.05, 4.69) is 9.88 Å². The molecule has 0 unspecified atom stereocenters. The minimum atomic E-state index is 0.0347. The zero-order valence-electron chi connectivity index (χ0n) is 14.2. The van der Waals surface area contributed by atoms with Crippen molar-refractivity contribution in [1.82, 2.24) is 14.8 Å². The van der Waals surface area contributed by atoms with Crippen LogP contribution in [0, 0.1) is 5.92 Å². The molecule has 2 heterocycles. The van der Waals surface area contributed by atoms with Crippen molar-refractivity contribution in [3.63, 3.8) is 0 Å². The Kier molecular flexibility index (Phi) is 4.33. The summed E-state index contributed by atoms with van der Waals surface area (Å²) in [5, 5.41) is 3.18. The van der Waals surface area contributed by atoms with Crippen LogP contribution < -0.4 is 5.32 Å². The highest BCUT2D eigenvalue weighted by Crippen LogP contribution is 2.36. The molecule has 1 aromatic heterocycles. The van der Waals surface area contributed by atoms with Gasteiger partial charge in [0.05, 0.1) is 0 Å². The lowest BCUT2D eigenvalue weighted by atomic mass is 10.0. The van der Waals surface area contributed by atoms with Crippen LogP contribution in [0.1, 0.15) is 67.9 Å². The van der Waals surface area contributed by atoms with Crippen molar-refractivity contribution in [1.29, 1.82) is 0 Å². The van der Waals surface area contributed by atoms with Crippen LogP contribution in [0.2, 0.25) is 0 Å². The number of nitrogens with one attached hydrogen (secondary N) is 1. The van der Waals surface area contributed by atoms with Crippen molar-refractivity contribution in [2.24, 2.45) is 5.92 Å². The maximum absolute atomic E-state index is 12.5. The minimum Gasteiger partial charge on any atom is -0.348 e. The lowest BCUT2D eigenvalue weighted by molar-refractivity contribution is -0.136. The van der Waals surface area contributed by atoms with Gasteiger partial charge in [-0.1, -0.05) is 12.8 Å². The number of carbonyl (C=O) groups excluding carboxylic acids is 2. The lowest BCUT2D eigenvalue weighted by Crippen LogP contribution is -2.48. The van der Waals surface area contributed by atoms with Gasteiger partial charge in [0, 0.05) is 37.3 Å². The predicted octanol–water partition coefficient (Wildman–Crippen LogP) is 2.73. The Balaban J connectivity index is 1.29. The van der Waals surface area contributed by atoms with Gasteiger partial charge in [-0.05, 0) is 50.7 Å². The van der Waals surface area contributed by atoms with Crippen molar-refractivity contribution < 1.29 is 9.59 Å². The summed E-state index contributed by atoms with van der Waals surface area (Å²) in [5.41, 5.74) is 0.780. The summed E-state index contributed by atoms with van der Waals surface area (Å²) < 4.78 is 2.11. The van der Waals surface area contributed by atoms with E-state index in [1.807, 2.05) is 23.2 Å². The standard InChI is InChI=1S/C19H27N3O2/c23-18(17-6-3-11-22(17)16-7-8-16)20-15-9-12-21(13-10-15)19(24)14-4-1-2-5-14/h3,6,11,14-16H,1-2,4-5,7-10,12-13H2,(H,20,23). The number of amides is 2. The van der Waals surface area contributed by atoms with Gasteiger partial charge in [-0.2, -0.15) is 0 Å². The van der Waals surface area contributed by atoms with Gasteiger partial charge in [0.15, 0.2) is 0 Å². The van der Waals surface area contributed by atoms with Crippen LogP contribution in [0.5, 0.6) is 0 Å². The average molecular weight is 329 g/mol. The predicted molar refractivity (Wildman–Crippen MR) is 91.7 cm³/mol. The van der Waals surface area contributed by atoms with Gasteiger partial charge >= 0.3 is 0 Å². The second kappa shape index (κ2) is 6.61. The van der Waals surface area contributed by atoms with Gasteiger partial charge < -0.3 is 14.8 Å². The van der Waals surface area contributed by atoms with Gasteiger partial charge in [-0.3, -0.25) is 9.59 Å². The number of likely N-dealkylation sites (tertiary alicyclic amines) is 1. The van der Waals surface area contributed by atoms with Crippen molar-refractivity contribution in [3.8, 4) is 0 Å². The van der Waals surface area contributed by atoms with Gasteiger partial charge in [0.2, 0.25) is 5.91 Å². The average Bonchev–Trinajstić information content (AvgIpc) is 3.11. The van der Waals surface area contributed by atoms with Gasteiger partial charge in [0.25, 0.3) is 5.91 Å². The molecule has 2 amide bonds. The molecule has 4 rings (SSSR count). The summed E-state index contributed by atoms with van der Waals surface area (Å²) in [7, 11) is 0. The van der Waals surface area contributed by atoms with Crippen LogP contribution in [0.25, 0.3) is 0 Å². The molecule has 130 valence electrons. The van der Waals surface area contributed by atoms with Crippen molar-refractivity contribution >= 4 is 11.8 Å². The lowest BCUT2D eigenvalue weighted by Gasteiger charge is -2.34. The topological polar surface area (TPSA) is 54.3 Å². The molecule has 1 saturated heterocycles. The molecular formula is C19H27N3O2. The number of hydrogen-bond acceptors (Lipinski definition) is 2. The highest BCUT2D eigenvalue weighted by molar-refractivity contribution is 5.93. The van der Waals surface area contributed by atoms with E-state index in [-0.39, 0.29) is 17.9 Å². The van der Waals surface area contributed by atoms with Crippen LogP contribution in [0.4, 0.5) is 0 Å². The minimum absolute atomic E-state index is 0.0347. The summed E-state index contributed by atoms with van der Waals surface area (Å²) in [6, 6.07) is 4.57. The highest BCUT2D eigenvalue weighted by atomic mass is 16.2. The fraction of sp³-hybridized carbons (Fsp3) is 0.684. The first-order valence-electron chi connectivity index (χ1n) is 9.49. The van der Waals surface area contributed by atoms with E-state index in [9.17, 15) is 9.59 Å². The number of carbonyl (C=O) groups is 2. The summed E-state index contributed by atoms with van der Waals surface area (Å²) >= 11 is 0. The van der Waals surface area contributed by atoms with E-state index in [4.69, 9.17) is 0 Å². The first kappa shape index (κ1) is 15.7. The smallest absolute Gasteiger partial charge is 0.268 e. The Morgan fingerprint density at radius 1 is 1.00 bits per heavy atom. The Labute approximate surface area is 143 Å². The third-order valence-corrected chi connectivity index (χ3v) is 5.80. The van der Waals surface area contributed by atoms with E-state index in [1.54, 1.807) is 0 Å². The van der Waals surface area contributed by atoms with Gasteiger partial charge in [-0.15, -0.1) is 0 Å². The fourth-order valence-corrected chi connectivity index (χ4v) is 4.19. The van der Waals surface area contributed by atoms with Crippen LogP contribution in [0.15, 0.2) is 18.3 Å². The summed E-state index contributed by atoms with van der Waals surface area (Å²) in [6.07, 6.45) is 10.6. The second-order valence-electron chi connectivity index (χ2n) is 7.59. The molecule has 0 aromatic carbocycles. The summed E-state index contributed by atoms with van der Waals surface area (Å²) in [6.45, 7) is 1.56. The Bertz CT molecular complexity index is 606. The monoisotopic (exact) mass is 329 g/mol. The van der Waals surface area contributed by atoms with Crippen molar-refractivity contribution in [2.45, 2.75) is 63.5 Å². The third kappa shape index (κ3) is 3.21. The fourth-order valence-electron chi connectivity index (χ4n) is 4.19. The molecule has 3 aliphatic rings. The van der Waals surface area contributed by atoms with Crippen molar-refractivity contribution in [2.75, 3.05) is 13.1 Å². The molecule has 1 aliphatic heterocycles. The zero-order chi connectivity index (χ0) is 16.5. The molecule has 2 aliphatic carbocycles. The molecule has 0 spiro atoms. The molecule has 0 bridgehead atoms. The van der Waals surface area contributed by atoms with Crippen LogP contribution >= 0.6 is 0 Å². The van der Waals surface area contributed by atoms with Crippen molar-refractivity contribution in [3.05, 3.63) is 24.0 Å². The number of rotatable bonds is 4. The largest absolute Gasteiger partial charge is 0.348 e. The third-order valence-electron chi connectivity index (χ3n) is 5.80. The number of piperidine rings is 1. The second-order valence-corrected chi connectivity index (χ2v) is 7.59. The Morgan fingerprint density at radius 3 is 2.38 bits per heavy atom. The SMILES string of the molecule is O=C(NC1CCN(C(=O)C2CCCC2)CC1)c1cccn1C1CC1. The molecule has 2 saturated carbocycles. The number of aromatic nitrogens is 1. The zero-order valence-corrected chi connectivity index (χ0v) is 14.2. The van der Waals surface area contributed by atoms with Gasteiger partial charge in [0.1, 0.15) is 5.69 Å². The van der Waals surface area contributed by atoms with E-state index >= 15 is 0 Å². The molecule has 1 aromatic rings. The van der Waals surface area contributed by atoms with Crippen LogP contribution in [-0.2, 0) is 4.79 Å². The van der Waals surface area contributed by atoms with Crippen LogP contribution in [0.3, 0.4) is 0 Å². The van der Waals surface area contributed by atoms with E-state index in [0.717, 1.165) is 44.5 Å². The maximum atomic E-state index is 12.5. The Morgan fingerprint density at radius 2 is 1.71 bits per heavy atom. The van der Waals surface area contributed by atoms with Gasteiger partial charge in [-0.25, -0.2) is 0 Å². The first-order chi connectivity index (χ1) is 11.7. The number of nitrogens with zero attached hydrogens (tertiary/aromatic N) is 2. The highest BCUT2D eigenvalue weighted by Gasteiger charge is 2.31. The molecule has 5 heteroatoms. The maximum Gasteiger partial charge on any atom is 0.268 e. The summed E-state index contributed by atoms with van der Waals surface area (Å²) in [4.78, 5) is 27.0.